The van der Waals surface area contributed by atoms with Gasteiger partial charge in [0.2, 0.25) is 0 Å². The number of benzene rings is 1. The van der Waals surface area contributed by atoms with Crippen LogP contribution in [0.2, 0.25) is 0 Å². The van der Waals surface area contributed by atoms with Gasteiger partial charge in [-0.3, -0.25) is 14.5 Å². The fourth-order valence-electron chi connectivity index (χ4n) is 3.02. The number of rotatable bonds is 5. The van der Waals surface area contributed by atoms with Gasteiger partial charge in [0.05, 0.1) is 0 Å². The average molecular weight is 331 g/mol. The first-order chi connectivity index (χ1) is 11.5. The topological polar surface area (TPSA) is 61.4 Å². The summed E-state index contributed by atoms with van der Waals surface area (Å²) in [6.07, 6.45) is 3.70. The summed E-state index contributed by atoms with van der Waals surface area (Å²) in [5.41, 5.74) is 1.84. The number of hydrogen-bond donors (Lipinski definition) is 2. The molecule has 1 fully saturated rings. The van der Waals surface area contributed by atoms with E-state index in [0.29, 0.717) is 24.2 Å². The largest absolute Gasteiger partial charge is 0.347 e. The molecule has 1 unspecified atom stereocenters. The highest BCUT2D eigenvalue weighted by atomic mass is 16.2. The van der Waals surface area contributed by atoms with E-state index in [4.69, 9.17) is 0 Å². The molecule has 1 aliphatic heterocycles. The quantitative estimate of drug-likeness (QED) is 0.816. The molecule has 0 saturated carbocycles. The minimum Gasteiger partial charge on any atom is -0.347 e. The van der Waals surface area contributed by atoms with Crippen LogP contribution >= 0.6 is 0 Å². The van der Waals surface area contributed by atoms with Crippen molar-refractivity contribution in [2.24, 2.45) is 0 Å². The minimum atomic E-state index is -0.612. The Balaban J connectivity index is 1.74. The molecular weight excluding hydrogens is 302 g/mol. The maximum absolute atomic E-state index is 11.9. The van der Waals surface area contributed by atoms with Crippen LogP contribution in [-0.2, 0) is 9.59 Å². The minimum absolute atomic E-state index is 0.440. The molecule has 0 spiro atoms. The van der Waals surface area contributed by atoms with E-state index in [0.717, 1.165) is 13.1 Å². The zero-order valence-corrected chi connectivity index (χ0v) is 15.0. The Hall–Kier alpha value is -1.88. The maximum Gasteiger partial charge on any atom is 0.313 e. The first kappa shape index (κ1) is 18.5. The van der Waals surface area contributed by atoms with E-state index in [1.165, 1.54) is 24.8 Å². The molecule has 24 heavy (non-hydrogen) atoms. The Morgan fingerprint density at radius 2 is 1.88 bits per heavy atom. The van der Waals surface area contributed by atoms with Gasteiger partial charge >= 0.3 is 11.8 Å². The van der Waals surface area contributed by atoms with Crippen LogP contribution in [-0.4, -0.2) is 42.4 Å². The highest BCUT2D eigenvalue weighted by Gasteiger charge is 2.19. The Kier molecular flexibility index (Phi) is 6.79. The fraction of sp³-hybridized carbons (Fsp3) is 0.579. The molecule has 1 aromatic carbocycles. The standard InChI is InChI=1S/C19H29N3O2/c1-14(2)16-7-9-17(10-8-16)21-19(24)18(23)20-11-13-22-12-5-4-6-15(22)3/h7-10,14-15H,4-6,11-13H2,1-3H3,(H,20,23)(H,21,24). The molecule has 0 aromatic heterocycles. The van der Waals surface area contributed by atoms with Crippen molar-refractivity contribution in [3.05, 3.63) is 29.8 Å². The number of nitrogens with zero attached hydrogens (tertiary/aromatic N) is 1. The SMILES string of the molecule is CC(C)c1ccc(NC(=O)C(=O)NCCN2CCCCC2C)cc1. The highest BCUT2D eigenvalue weighted by molar-refractivity contribution is 6.39. The second kappa shape index (κ2) is 8.83. The number of nitrogens with one attached hydrogen (secondary N) is 2. The number of carbonyl (C=O) groups is 2. The van der Waals surface area contributed by atoms with E-state index < -0.39 is 11.8 Å². The van der Waals surface area contributed by atoms with E-state index in [1.807, 2.05) is 24.3 Å². The van der Waals surface area contributed by atoms with E-state index >= 15 is 0 Å². The van der Waals surface area contributed by atoms with Crippen LogP contribution in [0.1, 0.15) is 51.5 Å². The van der Waals surface area contributed by atoms with Crippen molar-refractivity contribution in [1.29, 1.82) is 0 Å². The van der Waals surface area contributed by atoms with Crippen LogP contribution in [0.15, 0.2) is 24.3 Å². The number of amides is 2. The van der Waals surface area contributed by atoms with Gasteiger partial charge in [0.15, 0.2) is 0 Å². The first-order valence-electron chi connectivity index (χ1n) is 8.90. The lowest BCUT2D eigenvalue weighted by Gasteiger charge is -2.33. The van der Waals surface area contributed by atoms with E-state index in [2.05, 4.69) is 36.3 Å². The van der Waals surface area contributed by atoms with Crippen LogP contribution in [0.4, 0.5) is 5.69 Å². The van der Waals surface area contributed by atoms with Crippen molar-refractivity contribution in [3.63, 3.8) is 0 Å². The van der Waals surface area contributed by atoms with Gasteiger partial charge in [-0.15, -0.1) is 0 Å². The van der Waals surface area contributed by atoms with Crippen molar-refractivity contribution in [2.45, 2.75) is 52.0 Å². The van der Waals surface area contributed by atoms with Gasteiger partial charge in [-0.2, -0.15) is 0 Å². The zero-order chi connectivity index (χ0) is 17.5. The van der Waals surface area contributed by atoms with Crippen molar-refractivity contribution < 1.29 is 9.59 Å². The molecule has 132 valence electrons. The molecule has 1 aromatic rings. The fourth-order valence-corrected chi connectivity index (χ4v) is 3.02. The molecule has 0 radical (unpaired) electrons. The molecule has 1 aliphatic rings. The molecule has 5 heteroatoms. The Labute approximate surface area is 144 Å². The monoisotopic (exact) mass is 331 g/mol. The molecule has 2 amide bonds. The smallest absolute Gasteiger partial charge is 0.313 e. The summed E-state index contributed by atoms with van der Waals surface area (Å²) >= 11 is 0. The second-order valence-corrected chi connectivity index (χ2v) is 6.87. The highest BCUT2D eigenvalue weighted by Crippen LogP contribution is 2.17. The molecule has 2 rings (SSSR count). The third-order valence-corrected chi connectivity index (χ3v) is 4.67. The first-order valence-corrected chi connectivity index (χ1v) is 8.90. The third-order valence-electron chi connectivity index (χ3n) is 4.67. The number of anilines is 1. The van der Waals surface area contributed by atoms with Gasteiger partial charge in [0, 0.05) is 24.8 Å². The van der Waals surface area contributed by atoms with Crippen LogP contribution in [0.5, 0.6) is 0 Å². The summed E-state index contributed by atoms with van der Waals surface area (Å²) < 4.78 is 0. The summed E-state index contributed by atoms with van der Waals surface area (Å²) in [7, 11) is 0. The number of carbonyl (C=O) groups excluding carboxylic acids is 2. The number of hydrogen-bond acceptors (Lipinski definition) is 3. The Bertz CT molecular complexity index is 554. The summed E-state index contributed by atoms with van der Waals surface area (Å²) in [4.78, 5) is 26.2. The van der Waals surface area contributed by atoms with Crippen molar-refractivity contribution in [1.82, 2.24) is 10.2 Å². The van der Waals surface area contributed by atoms with E-state index in [9.17, 15) is 9.59 Å². The Morgan fingerprint density at radius 1 is 1.17 bits per heavy atom. The van der Waals surface area contributed by atoms with Gasteiger partial charge in [-0.25, -0.2) is 0 Å². The lowest BCUT2D eigenvalue weighted by Crippen LogP contribution is -2.44. The van der Waals surface area contributed by atoms with Crippen LogP contribution in [0.3, 0.4) is 0 Å². The normalized spacial score (nSPS) is 18.4. The van der Waals surface area contributed by atoms with E-state index in [-0.39, 0.29) is 0 Å². The molecule has 2 N–H and O–H groups in total. The summed E-state index contributed by atoms with van der Waals surface area (Å²) in [5.74, 6) is -0.748. The predicted molar refractivity (Wildman–Crippen MR) is 97.1 cm³/mol. The molecule has 0 aliphatic carbocycles. The van der Waals surface area contributed by atoms with Crippen molar-refractivity contribution >= 4 is 17.5 Å². The molecule has 5 nitrogen and oxygen atoms in total. The number of piperidine rings is 1. The molecule has 0 bridgehead atoms. The summed E-state index contributed by atoms with van der Waals surface area (Å²) in [6.45, 7) is 8.82. The molecule has 1 atom stereocenters. The van der Waals surface area contributed by atoms with Crippen LogP contribution < -0.4 is 10.6 Å². The Morgan fingerprint density at radius 3 is 2.50 bits per heavy atom. The van der Waals surface area contributed by atoms with Gasteiger partial charge in [-0.1, -0.05) is 32.4 Å². The predicted octanol–water partition coefficient (Wildman–Crippen LogP) is 2.74. The summed E-state index contributed by atoms with van der Waals surface area (Å²) in [5, 5.41) is 5.35. The average Bonchev–Trinajstić information content (AvgIpc) is 2.57. The number of likely N-dealkylation sites (tertiary alicyclic amines) is 1. The van der Waals surface area contributed by atoms with E-state index in [1.54, 1.807) is 0 Å². The van der Waals surface area contributed by atoms with Gasteiger partial charge < -0.3 is 10.6 Å². The molecule has 1 heterocycles. The lowest BCUT2D eigenvalue weighted by atomic mass is 10.0. The van der Waals surface area contributed by atoms with Gasteiger partial charge in [0.25, 0.3) is 0 Å². The van der Waals surface area contributed by atoms with Gasteiger partial charge in [0.1, 0.15) is 0 Å². The summed E-state index contributed by atoms with van der Waals surface area (Å²) in [6, 6.07) is 8.15. The zero-order valence-electron chi connectivity index (χ0n) is 15.0. The maximum atomic E-state index is 11.9. The molecule has 1 saturated heterocycles. The lowest BCUT2D eigenvalue weighted by molar-refractivity contribution is -0.136. The van der Waals surface area contributed by atoms with Crippen LogP contribution in [0, 0.1) is 0 Å². The van der Waals surface area contributed by atoms with Crippen molar-refractivity contribution in [2.75, 3.05) is 25.0 Å². The van der Waals surface area contributed by atoms with Crippen LogP contribution in [0.25, 0.3) is 0 Å². The third kappa shape index (κ3) is 5.34. The molecular formula is C19H29N3O2. The van der Waals surface area contributed by atoms with Gasteiger partial charge in [-0.05, 0) is 49.9 Å². The second-order valence-electron chi connectivity index (χ2n) is 6.87. The van der Waals surface area contributed by atoms with Crippen molar-refractivity contribution in [3.8, 4) is 0 Å².